The minimum Gasteiger partial charge on any atom is -0.299 e. The second-order valence-corrected chi connectivity index (χ2v) is 5.21. The van der Waals surface area contributed by atoms with Crippen LogP contribution in [-0.4, -0.2) is 54.3 Å². The number of rotatable bonds is 7. The van der Waals surface area contributed by atoms with E-state index in [0.29, 0.717) is 5.78 Å². The van der Waals surface area contributed by atoms with E-state index >= 15 is 0 Å². The molecule has 0 aromatic carbocycles. The van der Waals surface area contributed by atoms with Crippen molar-refractivity contribution in [2.24, 2.45) is 0 Å². The zero-order valence-corrected chi connectivity index (χ0v) is 10.7. The van der Waals surface area contributed by atoms with E-state index in [0.717, 1.165) is 58.4 Å². The quantitative estimate of drug-likeness (QED) is 0.496. The van der Waals surface area contributed by atoms with E-state index in [9.17, 15) is 4.79 Å². The first-order valence-corrected chi connectivity index (χ1v) is 6.91. The highest BCUT2D eigenvalue weighted by atomic mass is 16.1. The maximum absolute atomic E-state index is 12.1. The number of ketones is 1. The lowest BCUT2D eigenvalue weighted by Crippen LogP contribution is -2.63. The summed E-state index contributed by atoms with van der Waals surface area (Å²) in [4.78, 5) is 16.9. The van der Waals surface area contributed by atoms with Crippen LogP contribution in [0.15, 0.2) is 12.7 Å². The second-order valence-electron chi connectivity index (χ2n) is 5.21. The van der Waals surface area contributed by atoms with Crippen molar-refractivity contribution < 1.29 is 4.79 Å². The van der Waals surface area contributed by atoms with Gasteiger partial charge in [0.25, 0.3) is 0 Å². The van der Waals surface area contributed by atoms with Crippen molar-refractivity contribution in [1.29, 1.82) is 0 Å². The van der Waals surface area contributed by atoms with E-state index in [-0.39, 0.29) is 6.04 Å². The summed E-state index contributed by atoms with van der Waals surface area (Å²) < 4.78 is 0. The van der Waals surface area contributed by atoms with Crippen molar-refractivity contribution >= 4 is 5.78 Å². The number of carbonyl (C=O) groups excluding carboxylic acids is 1. The number of unbranched alkanes of at least 4 members (excludes halogenated alkanes) is 3. The molecule has 0 aliphatic carbocycles. The molecule has 3 aliphatic rings. The summed E-state index contributed by atoms with van der Waals surface area (Å²) >= 11 is 0. The molecule has 3 saturated heterocycles. The summed E-state index contributed by atoms with van der Waals surface area (Å²) in [6, 6.07) is 0.205. The maximum atomic E-state index is 12.1. The van der Waals surface area contributed by atoms with Crippen molar-refractivity contribution in [3.8, 4) is 0 Å². The number of nitrogens with zero attached hydrogens (tertiary/aromatic N) is 2. The Balaban J connectivity index is 1.67. The van der Waals surface area contributed by atoms with Gasteiger partial charge in [-0.15, -0.1) is 6.58 Å². The third kappa shape index (κ3) is 3.39. The summed E-state index contributed by atoms with van der Waals surface area (Å²) in [7, 11) is 0. The summed E-state index contributed by atoms with van der Waals surface area (Å²) in [5.74, 6) is 0.466. The Labute approximate surface area is 104 Å². The molecule has 3 nitrogen and oxygen atoms in total. The van der Waals surface area contributed by atoms with Crippen LogP contribution in [0.25, 0.3) is 0 Å². The Morgan fingerprint density at radius 1 is 1.18 bits per heavy atom. The molecule has 0 aromatic heterocycles. The number of Topliss-reactive ketones (excluding diaryl/α,β-unsaturated/α-hetero) is 1. The average molecular weight is 236 g/mol. The first-order chi connectivity index (χ1) is 8.31. The molecule has 2 bridgehead atoms. The van der Waals surface area contributed by atoms with Crippen LogP contribution in [0.3, 0.4) is 0 Å². The molecule has 0 N–H and O–H groups in total. The lowest BCUT2D eigenvalue weighted by Gasteiger charge is -2.46. The smallest absolute Gasteiger partial charge is 0.151 e. The number of piperazine rings is 3. The summed E-state index contributed by atoms with van der Waals surface area (Å²) in [6.45, 7) is 9.18. The highest BCUT2D eigenvalue weighted by molar-refractivity contribution is 5.84. The molecule has 17 heavy (non-hydrogen) atoms. The number of allylic oxidation sites excluding steroid dienone is 1. The molecule has 1 atom stereocenters. The van der Waals surface area contributed by atoms with Gasteiger partial charge in [0, 0.05) is 39.1 Å². The van der Waals surface area contributed by atoms with Gasteiger partial charge in [-0.2, -0.15) is 0 Å². The minimum absolute atomic E-state index is 0.205. The van der Waals surface area contributed by atoms with E-state index < -0.39 is 0 Å². The van der Waals surface area contributed by atoms with Crippen LogP contribution < -0.4 is 0 Å². The Morgan fingerprint density at radius 2 is 1.94 bits per heavy atom. The van der Waals surface area contributed by atoms with Crippen molar-refractivity contribution in [2.45, 2.75) is 38.1 Å². The van der Waals surface area contributed by atoms with Crippen LogP contribution in [0.5, 0.6) is 0 Å². The summed E-state index contributed by atoms with van der Waals surface area (Å²) in [5.41, 5.74) is 0. The van der Waals surface area contributed by atoms with Gasteiger partial charge in [0.15, 0.2) is 5.78 Å². The van der Waals surface area contributed by atoms with Crippen LogP contribution in [0.2, 0.25) is 0 Å². The van der Waals surface area contributed by atoms with E-state index in [1.165, 1.54) is 6.42 Å². The number of hydrogen-bond donors (Lipinski definition) is 0. The molecule has 3 heteroatoms. The van der Waals surface area contributed by atoms with Crippen LogP contribution in [0, 0.1) is 0 Å². The first-order valence-electron chi connectivity index (χ1n) is 6.91. The topological polar surface area (TPSA) is 23.6 Å². The largest absolute Gasteiger partial charge is 0.299 e. The first kappa shape index (κ1) is 12.8. The Kier molecular flexibility index (Phi) is 4.75. The molecule has 3 rings (SSSR count). The van der Waals surface area contributed by atoms with Crippen LogP contribution in [0.4, 0.5) is 0 Å². The fourth-order valence-corrected chi connectivity index (χ4v) is 2.85. The van der Waals surface area contributed by atoms with Gasteiger partial charge in [0.05, 0.1) is 6.04 Å². The van der Waals surface area contributed by atoms with Crippen molar-refractivity contribution in [3.63, 3.8) is 0 Å². The number of hydrogen-bond acceptors (Lipinski definition) is 3. The zero-order valence-electron chi connectivity index (χ0n) is 10.7. The van der Waals surface area contributed by atoms with E-state index in [1.54, 1.807) is 0 Å². The van der Waals surface area contributed by atoms with E-state index in [1.807, 2.05) is 6.08 Å². The summed E-state index contributed by atoms with van der Waals surface area (Å²) in [6.07, 6.45) is 7.20. The normalized spacial score (nSPS) is 31.4. The van der Waals surface area contributed by atoms with Gasteiger partial charge in [-0.05, 0) is 19.3 Å². The minimum atomic E-state index is 0.205. The Bertz CT molecular complexity index is 269. The van der Waals surface area contributed by atoms with Gasteiger partial charge in [-0.25, -0.2) is 0 Å². The second kappa shape index (κ2) is 6.31. The maximum Gasteiger partial charge on any atom is 0.151 e. The molecule has 1 unspecified atom stereocenters. The molecular weight excluding hydrogens is 212 g/mol. The molecule has 0 spiro atoms. The highest BCUT2D eigenvalue weighted by Crippen LogP contribution is 2.18. The Hall–Kier alpha value is -0.670. The molecule has 3 aliphatic heterocycles. The molecule has 0 saturated carbocycles. The van der Waals surface area contributed by atoms with Gasteiger partial charge >= 0.3 is 0 Å². The standard InChI is InChI=1S/C14H24N2O/c1-2-3-4-5-6-7-14(17)13-12-15-8-10-16(13)11-9-15/h2,13H,1,3-12H2. The number of carbonyl (C=O) groups is 1. The fourth-order valence-electron chi connectivity index (χ4n) is 2.85. The van der Waals surface area contributed by atoms with Gasteiger partial charge in [-0.3, -0.25) is 14.6 Å². The van der Waals surface area contributed by atoms with Gasteiger partial charge < -0.3 is 0 Å². The summed E-state index contributed by atoms with van der Waals surface area (Å²) in [5, 5.41) is 0. The van der Waals surface area contributed by atoms with Gasteiger partial charge in [-0.1, -0.05) is 12.5 Å². The van der Waals surface area contributed by atoms with Crippen molar-refractivity contribution in [2.75, 3.05) is 32.7 Å². The third-order valence-electron chi connectivity index (χ3n) is 3.98. The van der Waals surface area contributed by atoms with Crippen molar-refractivity contribution in [1.82, 2.24) is 9.80 Å². The molecule has 3 heterocycles. The molecule has 96 valence electrons. The van der Waals surface area contributed by atoms with Gasteiger partial charge in [0.2, 0.25) is 0 Å². The van der Waals surface area contributed by atoms with E-state index in [4.69, 9.17) is 0 Å². The molecule has 0 amide bonds. The SMILES string of the molecule is C=CCCCCCC(=O)C1CN2CCN1CC2. The fraction of sp³-hybridized carbons (Fsp3) is 0.786. The Morgan fingerprint density at radius 3 is 2.53 bits per heavy atom. The molecule has 0 aromatic rings. The average Bonchev–Trinajstić information content (AvgIpc) is 2.39. The predicted octanol–water partition coefficient (Wildman–Crippen LogP) is 1.69. The van der Waals surface area contributed by atoms with Crippen molar-refractivity contribution in [3.05, 3.63) is 12.7 Å². The third-order valence-corrected chi connectivity index (χ3v) is 3.98. The highest BCUT2D eigenvalue weighted by Gasteiger charge is 2.35. The molecular formula is C14H24N2O. The molecule has 3 fully saturated rings. The lowest BCUT2D eigenvalue weighted by atomic mass is 9.99. The number of fused-ring (bicyclic) bond motifs is 3. The van der Waals surface area contributed by atoms with Crippen LogP contribution in [-0.2, 0) is 4.79 Å². The van der Waals surface area contributed by atoms with Crippen LogP contribution >= 0.6 is 0 Å². The van der Waals surface area contributed by atoms with Gasteiger partial charge in [0.1, 0.15) is 0 Å². The predicted molar refractivity (Wildman–Crippen MR) is 70.1 cm³/mol. The lowest BCUT2D eigenvalue weighted by molar-refractivity contribution is -0.129. The van der Waals surface area contributed by atoms with Crippen LogP contribution in [0.1, 0.15) is 32.1 Å². The molecule has 0 radical (unpaired) electrons. The monoisotopic (exact) mass is 236 g/mol. The zero-order chi connectivity index (χ0) is 12.1. The van der Waals surface area contributed by atoms with E-state index in [2.05, 4.69) is 16.4 Å².